The first-order chi connectivity index (χ1) is 7.23. The van der Waals surface area contributed by atoms with Gasteiger partial charge in [-0.15, -0.1) is 0 Å². The lowest BCUT2D eigenvalue weighted by Crippen LogP contribution is -2.27. The summed E-state index contributed by atoms with van der Waals surface area (Å²) in [5, 5.41) is 3.97. The van der Waals surface area contributed by atoms with E-state index in [-0.39, 0.29) is 17.4 Å². The fourth-order valence-corrected chi connectivity index (χ4v) is 1.23. The molecule has 0 aliphatic heterocycles. The zero-order chi connectivity index (χ0) is 12.5. The molecule has 0 saturated heterocycles. The van der Waals surface area contributed by atoms with Gasteiger partial charge in [-0.1, -0.05) is 46.7 Å². The summed E-state index contributed by atoms with van der Waals surface area (Å²) in [7, 11) is 0. The minimum Gasteiger partial charge on any atom is -0.339 e. The van der Waals surface area contributed by atoms with E-state index in [1.807, 2.05) is 0 Å². The molecule has 0 aromatic carbocycles. The van der Waals surface area contributed by atoms with E-state index in [1.54, 1.807) is 0 Å². The zero-order valence-corrected chi connectivity index (χ0v) is 11.1. The fourth-order valence-electron chi connectivity index (χ4n) is 1.23. The molecule has 4 heteroatoms. The van der Waals surface area contributed by atoms with Crippen molar-refractivity contribution in [2.24, 2.45) is 17.1 Å². The Hall–Kier alpha value is -0.900. The van der Waals surface area contributed by atoms with Crippen LogP contribution in [0.25, 0.3) is 0 Å². The second-order valence-corrected chi connectivity index (χ2v) is 5.87. The summed E-state index contributed by atoms with van der Waals surface area (Å²) in [6.07, 6.45) is 0. The second-order valence-electron chi connectivity index (χ2n) is 5.87. The normalized spacial score (nSPS) is 16.5. The number of hydrogen-bond acceptors (Lipinski definition) is 4. The molecule has 1 aromatic heterocycles. The fraction of sp³-hybridized carbons (Fsp3) is 0.833. The second kappa shape index (κ2) is 4.53. The van der Waals surface area contributed by atoms with Crippen molar-refractivity contribution in [1.82, 2.24) is 10.1 Å². The molecule has 0 radical (unpaired) electrons. The third-order valence-electron chi connectivity index (χ3n) is 3.06. The largest absolute Gasteiger partial charge is 0.339 e. The minimum absolute atomic E-state index is 0.0534. The summed E-state index contributed by atoms with van der Waals surface area (Å²) in [5.74, 6) is 2.05. The maximum atomic E-state index is 6.08. The van der Waals surface area contributed by atoms with Crippen LogP contribution in [0.1, 0.15) is 65.2 Å². The molecule has 1 heterocycles. The van der Waals surface area contributed by atoms with Crippen LogP contribution in [0.15, 0.2) is 4.52 Å². The molecule has 4 nitrogen and oxygen atoms in total. The Balaban J connectivity index is 2.87. The van der Waals surface area contributed by atoms with Gasteiger partial charge in [0.2, 0.25) is 5.89 Å². The lowest BCUT2D eigenvalue weighted by atomic mass is 9.87. The first-order valence-electron chi connectivity index (χ1n) is 5.82. The van der Waals surface area contributed by atoms with Gasteiger partial charge in [0.15, 0.2) is 5.82 Å². The summed E-state index contributed by atoms with van der Waals surface area (Å²) >= 11 is 0. The van der Waals surface area contributed by atoms with Crippen molar-refractivity contribution in [2.75, 3.05) is 0 Å². The van der Waals surface area contributed by atoms with Gasteiger partial charge < -0.3 is 10.3 Å². The van der Waals surface area contributed by atoms with E-state index in [4.69, 9.17) is 10.3 Å². The van der Waals surface area contributed by atoms with Crippen LogP contribution in [-0.2, 0) is 0 Å². The van der Waals surface area contributed by atoms with E-state index in [0.29, 0.717) is 17.6 Å². The monoisotopic (exact) mass is 225 g/mol. The van der Waals surface area contributed by atoms with Gasteiger partial charge in [0.25, 0.3) is 0 Å². The number of nitrogens with zero attached hydrogens (tertiary/aromatic N) is 2. The lowest BCUT2D eigenvalue weighted by Gasteiger charge is -2.23. The van der Waals surface area contributed by atoms with Crippen molar-refractivity contribution < 1.29 is 4.52 Å². The minimum atomic E-state index is -0.190. The lowest BCUT2D eigenvalue weighted by molar-refractivity contribution is 0.294. The molecule has 2 unspecified atom stereocenters. The molecule has 0 amide bonds. The Labute approximate surface area is 97.6 Å². The molecule has 16 heavy (non-hydrogen) atoms. The number of hydrogen-bond donors (Lipinski definition) is 1. The Kier molecular flexibility index (Phi) is 3.73. The molecule has 1 rings (SSSR count). The third kappa shape index (κ3) is 2.82. The van der Waals surface area contributed by atoms with Crippen molar-refractivity contribution in [3.8, 4) is 0 Å². The highest BCUT2D eigenvalue weighted by Gasteiger charge is 2.28. The smallest absolute Gasteiger partial charge is 0.229 e. The topological polar surface area (TPSA) is 64.9 Å². The van der Waals surface area contributed by atoms with Gasteiger partial charge in [0.1, 0.15) is 0 Å². The molecule has 0 spiro atoms. The van der Waals surface area contributed by atoms with Crippen molar-refractivity contribution >= 4 is 0 Å². The van der Waals surface area contributed by atoms with E-state index in [2.05, 4.69) is 51.7 Å². The summed E-state index contributed by atoms with van der Waals surface area (Å²) in [6, 6.07) is -0.190. The molecule has 0 aliphatic carbocycles. The van der Waals surface area contributed by atoms with Gasteiger partial charge in [-0.2, -0.15) is 4.98 Å². The van der Waals surface area contributed by atoms with Crippen molar-refractivity contribution in [1.29, 1.82) is 0 Å². The average Bonchev–Trinajstić information content (AvgIpc) is 2.62. The van der Waals surface area contributed by atoms with Crippen LogP contribution < -0.4 is 5.73 Å². The van der Waals surface area contributed by atoms with Crippen LogP contribution >= 0.6 is 0 Å². The maximum absolute atomic E-state index is 6.08. The molecule has 0 bridgehead atoms. The molecule has 2 atom stereocenters. The van der Waals surface area contributed by atoms with E-state index < -0.39 is 0 Å². The number of rotatable bonds is 3. The van der Waals surface area contributed by atoms with Gasteiger partial charge >= 0.3 is 0 Å². The highest BCUT2D eigenvalue weighted by molar-refractivity contribution is 5.00. The molecule has 1 aromatic rings. The van der Waals surface area contributed by atoms with Crippen molar-refractivity contribution in [2.45, 2.75) is 53.5 Å². The number of nitrogens with two attached hydrogens (primary N) is 1. The molecule has 0 fully saturated rings. The summed E-state index contributed by atoms with van der Waals surface area (Å²) in [6.45, 7) is 12.6. The van der Waals surface area contributed by atoms with Crippen LogP contribution in [0, 0.1) is 11.3 Å². The van der Waals surface area contributed by atoms with Gasteiger partial charge in [0.05, 0.1) is 6.04 Å². The quantitative estimate of drug-likeness (QED) is 0.859. The Morgan fingerprint density at radius 3 is 2.19 bits per heavy atom. The van der Waals surface area contributed by atoms with E-state index >= 15 is 0 Å². The predicted octanol–water partition coefficient (Wildman–Crippen LogP) is 2.88. The Bertz CT molecular complexity index is 338. The van der Waals surface area contributed by atoms with Gasteiger partial charge in [0, 0.05) is 5.92 Å². The SMILES string of the molecule is CC(C)C(C)c1nc(C(N)C(C)(C)C)no1. The van der Waals surface area contributed by atoms with E-state index in [9.17, 15) is 0 Å². The highest BCUT2D eigenvalue weighted by atomic mass is 16.5. The maximum Gasteiger partial charge on any atom is 0.229 e. The summed E-state index contributed by atoms with van der Waals surface area (Å²) in [5.41, 5.74) is 6.02. The van der Waals surface area contributed by atoms with E-state index in [1.165, 1.54) is 0 Å². The van der Waals surface area contributed by atoms with Gasteiger partial charge in [-0.05, 0) is 11.3 Å². The average molecular weight is 225 g/mol. The molecular formula is C12H23N3O. The van der Waals surface area contributed by atoms with Crippen LogP contribution in [-0.4, -0.2) is 10.1 Å². The first kappa shape index (κ1) is 13.2. The molecule has 0 saturated carbocycles. The van der Waals surface area contributed by atoms with Crippen LogP contribution in [0.2, 0.25) is 0 Å². The Morgan fingerprint density at radius 2 is 1.75 bits per heavy atom. The zero-order valence-electron chi connectivity index (χ0n) is 11.1. The highest BCUT2D eigenvalue weighted by Crippen LogP contribution is 2.30. The third-order valence-corrected chi connectivity index (χ3v) is 3.06. The predicted molar refractivity (Wildman–Crippen MR) is 63.9 cm³/mol. The first-order valence-corrected chi connectivity index (χ1v) is 5.82. The molecule has 92 valence electrons. The van der Waals surface area contributed by atoms with Crippen molar-refractivity contribution in [3.63, 3.8) is 0 Å². The molecule has 0 aliphatic rings. The standard InChI is InChI=1S/C12H23N3O/c1-7(2)8(3)11-14-10(15-16-11)9(13)12(4,5)6/h7-9H,13H2,1-6H3. The molecular weight excluding hydrogens is 202 g/mol. The summed E-state index contributed by atoms with van der Waals surface area (Å²) in [4.78, 5) is 4.40. The van der Waals surface area contributed by atoms with Crippen LogP contribution in [0.4, 0.5) is 0 Å². The van der Waals surface area contributed by atoms with Crippen molar-refractivity contribution in [3.05, 3.63) is 11.7 Å². The van der Waals surface area contributed by atoms with Crippen LogP contribution in [0.5, 0.6) is 0 Å². The molecule has 2 N–H and O–H groups in total. The number of aromatic nitrogens is 2. The van der Waals surface area contributed by atoms with E-state index in [0.717, 1.165) is 0 Å². The Morgan fingerprint density at radius 1 is 1.19 bits per heavy atom. The van der Waals surface area contributed by atoms with Gasteiger partial charge in [-0.3, -0.25) is 0 Å². The van der Waals surface area contributed by atoms with Crippen LogP contribution in [0.3, 0.4) is 0 Å². The van der Waals surface area contributed by atoms with Gasteiger partial charge in [-0.25, -0.2) is 0 Å². The summed E-state index contributed by atoms with van der Waals surface area (Å²) < 4.78 is 5.26.